The molecule has 3 heterocycles. The van der Waals surface area contributed by atoms with E-state index in [1.54, 1.807) is 11.1 Å². The predicted molar refractivity (Wildman–Crippen MR) is 92.1 cm³/mol. The summed E-state index contributed by atoms with van der Waals surface area (Å²) in [5.41, 5.74) is 2.61. The fraction of sp³-hybridized carbons (Fsp3) is 0.412. The summed E-state index contributed by atoms with van der Waals surface area (Å²) in [5.74, 6) is -0.0639. The minimum Gasteiger partial charge on any atom is -0.338 e. The molecule has 120 valence electrons. The summed E-state index contributed by atoms with van der Waals surface area (Å²) in [4.78, 5) is 31.0. The van der Waals surface area contributed by atoms with Crippen molar-refractivity contribution in [2.75, 3.05) is 6.67 Å². The topological polar surface area (TPSA) is 73.7 Å². The van der Waals surface area contributed by atoms with Crippen LogP contribution in [0.4, 0.5) is 0 Å². The first-order valence-corrected chi connectivity index (χ1v) is 7.85. The number of carbonyl (C=O) groups is 1. The van der Waals surface area contributed by atoms with Crippen LogP contribution in [0.15, 0.2) is 34.4 Å². The monoisotopic (exact) mass is 311 g/mol. The quantitative estimate of drug-likeness (QED) is 0.881. The van der Waals surface area contributed by atoms with Crippen LogP contribution < -0.4 is 0 Å². The lowest BCUT2D eigenvalue weighted by molar-refractivity contribution is -0.124. The third kappa shape index (κ3) is 2.88. The van der Waals surface area contributed by atoms with Gasteiger partial charge in [0.1, 0.15) is 18.0 Å². The van der Waals surface area contributed by atoms with E-state index in [2.05, 4.69) is 20.0 Å². The Bertz CT molecular complexity index is 767. The molecule has 2 aromatic heterocycles. The molecule has 6 nitrogen and oxygen atoms in total. The van der Waals surface area contributed by atoms with Crippen molar-refractivity contribution in [2.24, 2.45) is 9.98 Å². The summed E-state index contributed by atoms with van der Waals surface area (Å²) in [7, 11) is 0. The number of H-pyrrole nitrogens is 1. The molecule has 0 atom stereocenters. The van der Waals surface area contributed by atoms with E-state index in [4.69, 9.17) is 0 Å². The van der Waals surface area contributed by atoms with Crippen molar-refractivity contribution in [1.82, 2.24) is 14.9 Å². The summed E-state index contributed by atoms with van der Waals surface area (Å²) >= 11 is 0. The second kappa shape index (κ2) is 5.95. The lowest BCUT2D eigenvalue weighted by atomic mass is 10.1. The number of hydrogen-bond acceptors (Lipinski definition) is 4. The van der Waals surface area contributed by atoms with Crippen molar-refractivity contribution in [3.05, 3.63) is 30.1 Å². The number of amides is 1. The Balaban J connectivity index is 2.04. The molecule has 0 radical (unpaired) electrons. The molecule has 23 heavy (non-hydrogen) atoms. The number of aromatic amines is 1. The molecule has 0 saturated heterocycles. The largest absolute Gasteiger partial charge is 0.338 e. The average Bonchev–Trinajstić information content (AvgIpc) is 3.08. The molecule has 0 fully saturated rings. The third-order valence-corrected chi connectivity index (χ3v) is 3.73. The molecular weight excluding hydrogens is 290 g/mol. The molecule has 0 saturated carbocycles. The molecule has 0 aromatic carbocycles. The number of carbonyl (C=O) groups excluding carboxylic acids is 1. The molecule has 2 aromatic rings. The van der Waals surface area contributed by atoms with E-state index in [1.165, 1.54) is 0 Å². The van der Waals surface area contributed by atoms with Gasteiger partial charge in [0, 0.05) is 23.7 Å². The van der Waals surface area contributed by atoms with E-state index >= 15 is 0 Å². The predicted octanol–water partition coefficient (Wildman–Crippen LogP) is 2.41. The van der Waals surface area contributed by atoms with Crippen LogP contribution in [0.5, 0.6) is 0 Å². The standard InChI is InChI=1S/C17H21N5O/c1-10(2)20-14(15-17(23)22(9-19-15)11(3)4)13-8-12-6-5-7-18-16(12)21-13/h5-8,10-11H,9H2,1-4H3,(H,18,21). The molecule has 0 spiro atoms. The van der Waals surface area contributed by atoms with Crippen molar-refractivity contribution in [2.45, 2.75) is 39.8 Å². The second-order valence-electron chi connectivity index (χ2n) is 6.21. The van der Waals surface area contributed by atoms with Gasteiger partial charge in [-0.2, -0.15) is 0 Å². The van der Waals surface area contributed by atoms with E-state index in [-0.39, 0.29) is 18.0 Å². The van der Waals surface area contributed by atoms with Gasteiger partial charge in [0.25, 0.3) is 5.91 Å². The van der Waals surface area contributed by atoms with Crippen LogP contribution in [0.1, 0.15) is 33.4 Å². The highest BCUT2D eigenvalue weighted by Crippen LogP contribution is 2.17. The molecule has 6 heteroatoms. The van der Waals surface area contributed by atoms with Gasteiger partial charge >= 0.3 is 0 Å². The lowest BCUT2D eigenvalue weighted by Gasteiger charge is -2.19. The first kappa shape index (κ1) is 15.4. The summed E-state index contributed by atoms with van der Waals surface area (Å²) in [6.07, 6.45) is 1.74. The number of nitrogens with zero attached hydrogens (tertiary/aromatic N) is 4. The number of hydrogen-bond donors (Lipinski definition) is 1. The molecule has 1 amide bonds. The van der Waals surface area contributed by atoms with Crippen molar-refractivity contribution >= 4 is 28.4 Å². The molecule has 1 N–H and O–H groups in total. The molecule has 0 unspecified atom stereocenters. The molecule has 3 rings (SSSR count). The lowest BCUT2D eigenvalue weighted by Crippen LogP contribution is -2.38. The van der Waals surface area contributed by atoms with Crippen molar-refractivity contribution in [3.8, 4) is 0 Å². The van der Waals surface area contributed by atoms with Crippen molar-refractivity contribution in [1.29, 1.82) is 0 Å². The maximum absolute atomic E-state index is 12.6. The molecule has 1 aliphatic heterocycles. The van der Waals surface area contributed by atoms with Gasteiger partial charge in [-0.25, -0.2) is 4.98 Å². The van der Waals surface area contributed by atoms with Crippen molar-refractivity contribution in [3.63, 3.8) is 0 Å². The van der Waals surface area contributed by atoms with Crippen LogP contribution >= 0.6 is 0 Å². The zero-order valence-electron chi connectivity index (χ0n) is 13.9. The molecule has 1 aliphatic rings. The van der Waals surface area contributed by atoms with Gasteiger partial charge in [0.2, 0.25) is 0 Å². The average molecular weight is 311 g/mol. The Kier molecular flexibility index (Phi) is 3.98. The van der Waals surface area contributed by atoms with Crippen LogP contribution in [0.3, 0.4) is 0 Å². The maximum Gasteiger partial charge on any atom is 0.276 e. The minimum absolute atomic E-state index is 0.0629. The van der Waals surface area contributed by atoms with E-state index in [9.17, 15) is 4.79 Å². The number of fused-ring (bicyclic) bond motifs is 1. The summed E-state index contributed by atoms with van der Waals surface area (Å²) < 4.78 is 0. The highest BCUT2D eigenvalue weighted by molar-refractivity contribution is 6.70. The number of rotatable bonds is 4. The fourth-order valence-electron chi connectivity index (χ4n) is 2.59. The number of aromatic nitrogens is 2. The van der Waals surface area contributed by atoms with Crippen LogP contribution in [-0.2, 0) is 4.79 Å². The Morgan fingerprint density at radius 2 is 2.13 bits per heavy atom. The maximum atomic E-state index is 12.6. The highest BCUT2D eigenvalue weighted by Gasteiger charge is 2.32. The van der Waals surface area contributed by atoms with Crippen LogP contribution in [0.2, 0.25) is 0 Å². The normalized spacial score (nSPS) is 16.1. The number of pyridine rings is 1. The first-order chi connectivity index (χ1) is 11.0. The Morgan fingerprint density at radius 3 is 2.74 bits per heavy atom. The van der Waals surface area contributed by atoms with Crippen LogP contribution in [-0.4, -0.2) is 51.0 Å². The van der Waals surface area contributed by atoms with Gasteiger partial charge in [-0.05, 0) is 45.9 Å². The van der Waals surface area contributed by atoms with Gasteiger partial charge in [-0.3, -0.25) is 14.8 Å². The van der Waals surface area contributed by atoms with Gasteiger partial charge in [0.15, 0.2) is 5.71 Å². The van der Waals surface area contributed by atoms with Crippen molar-refractivity contribution < 1.29 is 4.79 Å². The number of aliphatic imine (C=N–C) groups is 2. The fourth-order valence-corrected chi connectivity index (χ4v) is 2.59. The zero-order valence-corrected chi connectivity index (χ0v) is 13.9. The van der Waals surface area contributed by atoms with Gasteiger partial charge in [-0.1, -0.05) is 0 Å². The molecule has 0 aliphatic carbocycles. The second-order valence-corrected chi connectivity index (χ2v) is 6.21. The summed E-state index contributed by atoms with van der Waals surface area (Å²) in [6.45, 7) is 8.34. The van der Waals surface area contributed by atoms with Crippen LogP contribution in [0, 0.1) is 0 Å². The molecular formula is C17H21N5O. The van der Waals surface area contributed by atoms with E-state index in [1.807, 2.05) is 45.9 Å². The summed E-state index contributed by atoms with van der Waals surface area (Å²) in [6, 6.07) is 6.02. The zero-order chi connectivity index (χ0) is 16.6. The highest BCUT2D eigenvalue weighted by atomic mass is 16.2. The Hall–Kier alpha value is -2.50. The SMILES string of the molecule is CC(C)N=C(C1=NCN(C(C)C)C1=O)c1cc2cccnc2[nH]1. The molecule has 0 bridgehead atoms. The van der Waals surface area contributed by atoms with Gasteiger partial charge in [0.05, 0.1) is 5.69 Å². The Labute approximate surface area is 135 Å². The van der Waals surface area contributed by atoms with Gasteiger partial charge in [-0.15, -0.1) is 0 Å². The van der Waals surface area contributed by atoms with Gasteiger partial charge < -0.3 is 9.88 Å². The van der Waals surface area contributed by atoms with E-state index < -0.39 is 0 Å². The first-order valence-electron chi connectivity index (χ1n) is 7.85. The number of nitrogens with one attached hydrogen (secondary N) is 1. The van der Waals surface area contributed by atoms with E-state index in [0.29, 0.717) is 18.1 Å². The summed E-state index contributed by atoms with van der Waals surface area (Å²) in [5, 5.41) is 0.991. The third-order valence-electron chi connectivity index (χ3n) is 3.73. The van der Waals surface area contributed by atoms with E-state index in [0.717, 1.165) is 16.7 Å². The smallest absolute Gasteiger partial charge is 0.276 e. The van der Waals surface area contributed by atoms with Crippen LogP contribution in [0.25, 0.3) is 11.0 Å². The Morgan fingerprint density at radius 1 is 1.35 bits per heavy atom. The minimum atomic E-state index is -0.0639.